The minimum Gasteiger partial charge on any atom is -0.496 e. The summed E-state index contributed by atoms with van der Waals surface area (Å²) < 4.78 is 6.23. The molecule has 0 heterocycles. The molecular formula is C11H13BrO2. The fourth-order valence-corrected chi connectivity index (χ4v) is 2.17. The number of rotatable bonds is 2. The van der Waals surface area contributed by atoms with Crippen molar-refractivity contribution in [3.05, 3.63) is 28.2 Å². The van der Waals surface area contributed by atoms with E-state index >= 15 is 0 Å². The van der Waals surface area contributed by atoms with Crippen LogP contribution in [0.25, 0.3) is 0 Å². The minimum absolute atomic E-state index is 0.647. The number of aliphatic hydroxyl groups is 1. The average Bonchev–Trinajstić information content (AvgIpc) is 2.14. The Morgan fingerprint density at radius 1 is 1.43 bits per heavy atom. The molecule has 0 unspecified atom stereocenters. The van der Waals surface area contributed by atoms with E-state index in [1.807, 2.05) is 18.2 Å². The molecule has 1 N–H and O–H groups in total. The van der Waals surface area contributed by atoms with Gasteiger partial charge in [0.15, 0.2) is 0 Å². The lowest BCUT2D eigenvalue weighted by atomic mass is 9.75. The molecule has 2 nitrogen and oxygen atoms in total. The lowest BCUT2D eigenvalue weighted by Crippen LogP contribution is -2.33. The predicted molar refractivity (Wildman–Crippen MR) is 58.4 cm³/mol. The van der Waals surface area contributed by atoms with Gasteiger partial charge in [0.05, 0.1) is 12.7 Å². The first kappa shape index (κ1) is 9.99. The third-order valence-electron chi connectivity index (χ3n) is 2.85. The topological polar surface area (TPSA) is 29.5 Å². The highest BCUT2D eigenvalue weighted by molar-refractivity contribution is 9.10. The van der Waals surface area contributed by atoms with Gasteiger partial charge in [0.1, 0.15) is 5.75 Å². The van der Waals surface area contributed by atoms with Crippen molar-refractivity contribution < 1.29 is 9.84 Å². The number of methoxy groups -OCH3 is 1. The highest BCUT2D eigenvalue weighted by Gasteiger charge is 2.38. The van der Waals surface area contributed by atoms with Gasteiger partial charge < -0.3 is 9.84 Å². The molecule has 3 heteroatoms. The minimum atomic E-state index is -0.647. The molecule has 1 aromatic rings. The molecule has 0 spiro atoms. The second-order valence-corrected chi connectivity index (χ2v) is 4.65. The largest absolute Gasteiger partial charge is 0.496 e. The van der Waals surface area contributed by atoms with Crippen LogP contribution in [0.3, 0.4) is 0 Å². The normalized spacial score (nSPS) is 18.8. The van der Waals surface area contributed by atoms with Crippen LogP contribution in [-0.4, -0.2) is 12.2 Å². The van der Waals surface area contributed by atoms with E-state index in [0.29, 0.717) is 0 Å². The van der Waals surface area contributed by atoms with Crippen LogP contribution in [0.5, 0.6) is 5.75 Å². The van der Waals surface area contributed by atoms with Gasteiger partial charge in [-0.15, -0.1) is 0 Å². The second-order valence-electron chi connectivity index (χ2n) is 3.73. The van der Waals surface area contributed by atoms with E-state index in [1.54, 1.807) is 7.11 Å². The fourth-order valence-electron chi connectivity index (χ4n) is 1.83. The standard InChI is InChI=1S/C11H13BrO2/c1-14-10-7-8(12)3-4-9(10)11(13)5-2-6-11/h3-4,7,13H,2,5-6H2,1H3. The van der Waals surface area contributed by atoms with E-state index in [4.69, 9.17) is 4.74 Å². The third-order valence-corrected chi connectivity index (χ3v) is 3.34. The van der Waals surface area contributed by atoms with Gasteiger partial charge in [0.2, 0.25) is 0 Å². The number of benzene rings is 1. The van der Waals surface area contributed by atoms with Gasteiger partial charge in [-0.3, -0.25) is 0 Å². The summed E-state index contributed by atoms with van der Waals surface area (Å²) >= 11 is 3.38. The summed E-state index contributed by atoms with van der Waals surface area (Å²) in [6, 6.07) is 5.77. The van der Waals surface area contributed by atoms with Crippen LogP contribution in [0, 0.1) is 0 Å². The van der Waals surface area contributed by atoms with Crippen molar-refractivity contribution in [2.75, 3.05) is 7.11 Å². The van der Waals surface area contributed by atoms with Crippen molar-refractivity contribution in [2.24, 2.45) is 0 Å². The van der Waals surface area contributed by atoms with E-state index in [1.165, 1.54) is 0 Å². The van der Waals surface area contributed by atoms with Crippen LogP contribution in [0.15, 0.2) is 22.7 Å². The van der Waals surface area contributed by atoms with Gasteiger partial charge in [-0.25, -0.2) is 0 Å². The molecule has 1 aliphatic carbocycles. The molecule has 1 saturated carbocycles. The number of hydrogen-bond donors (Lipinski definition) is 1. The zero-order valence-corrected chi connectivity index (χ0v) is 9.67. The Balaban J connectivity index is 2.41. The maximum absolute atomic E-state index is 10.2. The van der Waals surface area contributed by atoms with Crippen LogP contribution in [-0.2, 0) is 5.60 Å². The van der Waals surface area contributed by atoms with Crippen molar-refractivity contribution in [3.8, 4) is 5.75 Å². The van der Waals surface area contributed by atoms with Gasteiger partial charge in [-0.05, 0) is 31.4 Å². The number of halogens is 1. The van der Waals surface area contributed by atoms with Crippen molar-refractivity contribution in [2.45, 2.75) is 24.9 Å². The molecule has 1 fully saturated rings. The zero-order chi connectivity index (χ0) is 10.2. The van der Waals surface area contributed by atoms with Crippen LogP contribution in [0.1, 0.15) is 24.8 Å². The molecular weight excluding hydrogens is 244 g/mol. The van der Waals surface area contributed by atoms with Gasteiger partial charge >= 0.3 is 0 Å². The van der Waals surface area contributed by atoms with Gasteiger partial charge in [0.25, 0.3) is 0 Å². The Morgan fingerprint density at radius 3 is 2.64 bits per heavy atom. The van der Waals surface area contributed by atoms with Gasteiger partial charge in [0, 0.05) is 10.0 Å². The molecule has 0 amide bonds. The van der Waals surface area contributed by atoms with Crippen LogP contribution in [0.2, 0.25) is 0 Å². The molecule has 0 radical (unpaired) electrons. The fraction of sp³-hybridized carbons (Fsp3) is 0.455. The highest BCUT2D eigenvalue weighted by atomic mass is 79.9. The summed E-state index contributed by atoms with van der Waals surface area (Å²) in [4.78, 5) is 0. The summed E-state index contributed by atoms with van der Waals surface area (Å²) in [6.45, 7) is 0. The number of ether oxygens (including phenoxy) is 1. The lowest BCUT2D eigenvalue weighted by Gasteiger charge is -2.37. The van der Waals surface area contributed by atoms with E-state index in [9.17, 15) is 5.11 Å². The molecule has 76 valence electrons. The quantitative estimate of drug-likeness (QED) is 0.882. The smallest absolute Gasteiger partial charge is 0.126 e. The Kier molecular flexibility index (Phi) is 2.54. The second kappa shape index (κ2) is 3.55. The van der Waals surface area contributed by atoms with Crippen molar-refractivity contribution >= 4 is 15.9 Å². The first-order valence-corrected chi connectivity index (χ1v) is 5.51. The summed E-state index contributed by atoms with van der Waals surface area (Å²) in [7, 11) is 1.63. The maximum atomic E-state index is 10.2. The molecule has 2 rings (SSSR count). The summed E-state index contributed by atoms with van der Waals surface area (Å²) in [5, 5.41) is 10.2. The van der Waals surface area contributed by atoms with E-state index in [0.717, 1.165) is 35.0 Å². The highest BCUT2D eigenvalue weighted by Crippen LogP contribution is 2.45. The molecule has 0 saturated heterocycles. The summed E-state index contributed by atoms with van der Waals surface area (Å²) in [5.74, 6) is 0.765. The monoisotopic (exact) mass is 256 g/mol. The average molecular weight is 257 g/mol. The Labute approximate surface area is 92.0 Å². The maximum Gasteiger partial charge on any atom is 0.126 e. The van der Waals surface area contributed by atoms with Crippen LogP contribution >= 0.6 is 15.9 Å². The van der Waals surface area contributed by atoms with E-state index in [-0.39, 0.29) is 0 Å². The summed E-state index contributed by atoms with van der Waals surface area (Å²) in [5.41, 5.74) is 0.265. The van der Waals surface area contributed by atoms with Gasteiger partial charge in [-0.2, -0.15) is 0 Å². The SMILES string of the molecule is COc1cc(Br)ccc1C1(O)CCC1. The first-order chi connectivity index (χ1) is 6.65. The van der Waals surface area contributed by atoms with Crippen molar-refractivity contribution in [3.63, 3.8) is 0 Å². The molecule has 14 heavy (non-hydrogen) atoms. The van der Waals surface area contributed by atoms with Crippen molar-refractivity contribution in [1.82, 2.24) is 0 Å². The third kappa shape index (κ3) is 1.55. The molecule has 0 atom stereocenters. The van der Waals surface area contributed by atoms with Crippen LogP contribution < -0.4 is 4.74 Å². The Morgan fingerprint density at radius 2 is 2.14 bits per heavy atom. The van der Waals surface area contributed by atoms with E-state index < -0.39 is 5.60 Å². The Hall–Kier alpha value is -0.540. The Bertz CT molecular complexity index is 345. The molecule has 1 aromatic carbocycles. The molecule has 0 bridgehead atoms. The first-order valence-electron chi connectivity index (χ1n) is 4.72. The molecule has 0 aromatic heterocycles. The van der Waals surface area contributed by atoms with Crippen molar-refractivity contribution in [1.29, 1.82) is 0 Å². The summed E-state index contributed by atoms with van der Waals surface area (Å²) in [6.07, 6.45) is 2.77. The van der Waals surface area contributed by atoms with E-state index in [2.05, 4.69) is 15.9 Å². The zero-order valence-electron chi connectivity index (χ0n) is 8.09. The number of hydrogen-bond acceptors (Lipinski definition) is 2. The predicted octanol–water partition coefficient (Wildman–Crippen LogP) is 2.83. The lowest BCUT2D eigenvalue weighted by molar-refractivity contribution is -0.0404. The van der Waals surface area contributed by atoms with Crippen LogP contribution in [0.4, 0.5) is 0 Å². The molecule has 0 aliphatic heterocycles. The molecule has 1 aliphatic rings. The van der Waals surface area contributed by atoms with Gasteiger partial charge in [-0.1, -0.05) is 22.0 Å².